The van der Waals surface area contributed by atoms with Gasteiger partial charge in [-0.3, -0.25) is 14.4 Å². The van der Waals surface area contributed by atoms with E-state index in [1.54, 1.807) is 41.4 Å². The second kappa shape index (κ2) is 10.5. The largest absolute Gasteiger partial charge is 0.346 e. The fraction of sp³-hybridized carbons (Fsp3) is 0.321. The van der Waals surface area contributed by atoms with Crippen molar-refractivity contribution in [2.24, 2.45) is 5.92 Å². The van der Waals surface area contributed by atoms with Gasteiger partial charge in [0.25, 0.3) is 5.56 Å². The SMILES string of the molecule is CN1CCCC[C@H](C(=O)c2ccc(-n3cc(-c4cc5cc(F)ccc5[nH]c4=O)nn3)cc2)CCCC1=O. The lowest BCUT2D eigenvalue weighted by molar-refractivity contribution is -0.130. The number of carbonyl (C=O) groups is 2. The van der Waals surface area contributed by atoms with Crippen LogP contribution in [0.25, 0.3) is 27.8 Å². The maximum Gasteiger partial charge on any atom is 0.258 e. The second-order valence-electron chi connectivity index (χ2n) is 9.60. The summed E-state index contributed by atoms with van der Waals surface area (Å²) >= 11 is 0. The number of H-pyrrole nitrogens is 1. The summed E-state index contributed by atoms with van der Waals surface area (Å²) in [6, 6.07) is 12.9. The van der Waals surface area contributed by atoms with Gasteiger partial charge in [-0.25, -0.2) is 9.07 Å². The summed E-state index contributed by atoms with van der Waals surface area (Å²) in [7, 11) is 1.84. The third-order valence-corrected chi connectivity index (χ3v) is 7.03. The first-order valence-corrected chi connectivity index (χ1v) is 12.5. The van der Waals surface area contributed by atoms with Crippen LogP contribution in [-0.2, 0) is 4.79 Å². The van der Waals surface area contributed by atoms with E-state index in [9.17, 15) is 18.8 Å². The number of nitrogens with zero attached hydrogens (tertiary/aromatic N) is 4. The van der Waals surface area contributed by atoms with Crippen molar-refractivity contribution in [1.29, 1.82) is 0 Å². The van der Waals surface area contributed by atoms with E-state index in [-0.39, 0.29) is 28.7 Å². The molecule has 0 bridgehead atoms. The second-order valence-corrected chi connectivity index (χ2v) is 9.60. The number of aromatic nitrogens is 4. The Morgan fingerprint density at radius 3 is 2.62 bits per heavy atom. The fourth-order valence-corrected chi connectivity index (χ4v) is 4.86. The average Bonchev–Trinajstić information content (AvgIpc) is 3.39. The minimum atomic E-state index is -0.393. The topological polar surface area (TPSA) is 101 Å². The molecular formula is C28H28FN5O3. The van der Waals surface area contributed by atoms with Crippen molar-refractivity contribution < 1.29 is 14.0 Å². The molecule has 8 nitrogen and oxygen atoms in total. The highest BCUT2D eigenvalue weighted by Gasteiger charge is 2.22. The van der Waals surface area contributed by atoms with Crippen LogP contribution in [-0.4, -0.2) is 50.2 Å². The molecule has 190 valence electrons. The molecule has 1 amide bonds. The molecule has 0 spiro atoms. The number of amides is 1. The summed E-state index contributed by atoms with van der Waals surface area (Å²) in [5.41, 5.74) is 2.16. The zero-order valence-electron chi connectivity index (χ0n) is 20.6. The van der Waals surface area contributed by atoms with E-state index < -0.39 is 5.82 Å². The molecular weight excluding hydrogens is 473 g/mol. The number of carbonyl (C=O) groups excluding carboxylic acids is 2. The number of fused-ring (bicyclic) bond motifs is 1. The molecule has 0 saturated carbocycles. The summed E-state index contributed by atoms with van der Waals surface area (Å²) < 4.78 is 15.2. The number of pyridine rings is 1. The van der Waals surface area contributed by atoms with E-state index in [1.807, 2.05) is 7.05 Å². The molecule has 0 radical (unpaired) electrons. The van der Waals surface area contributed by atoms with Crippen LogP contribution in [0.1, 0.15) is 48.9 Å². The standard InChI is InChI=1S/C28H28FN5O3/c1-33-14-3-2-5-18(6-4-7-26(33)35)27(36)19-8-11-22(12-9-19)34-17-25(31-32-34)23-16-20-15-21(29)10-13-24(20)30-28(23)37/h8-13,15-18H,2-7,14H2,1H3,(H,30,37)/t18-/m0/s1. The Hall–Kier alpha value is -4.14. The number of benzene rings is 2. The maximum absolute atomic E-state index is 13.6. The first-order chi connectivity index (χ1) is 17.9. The van der Waals surface area contributed by atoms with Gasteiger partial charge in [-0.15, -0.1) is 5.10 Å². The van der Waals surface area contributed by atoms with Crippen molar-refractivity contribution >= 4 is 22.6 Å². The van der Waals surface area contributed by atoms with E-state index in [4.69, 9.17) is 0 Å². The molecule has 2 aromatic carbocycles. The van der Waals surface area contributed by atoms with Crippen molar-refractivity contribution in [1.82, 2.24) is 24.9 Å². The number of halogens is 1. The van der Waals surface area contributed by atoms with Crippen LogP contribution in [0.5, 0.6) is 0 Å². The molecule has 0 unspecified atom stereocenters. The van der Waals surface area contributed by atoms with Gasteiger partial charge in [0.1, 0.15) is 11.5 Å². The predicted octanol–water partition coefficient (Wildman–Crippen LogP) is 4.53. The van der Waals surface area contributed by atoms with Crippen LogP contribution in [0.4, 0.5) is 4.39 Å². The number of Topliss-reactive ketones (excluding diaryl/α,β-unsaturated/α-hetero) is 1. The lowest BCUT2D eigenvalue weighted by atomic mass is 9.87. The summed E-state index contributed by atoms with van der Waals surface area (Å²) in [5.74, 6) is -0.246. The van der Waals surface area contributed by atoms with Gasteiger partial charge in [0, 0.05) is 42.4 Å². The van der Waals surface area contributed by atoms with Crippen LogP contribution < -0.4 is 5.56 Å². The Balaban J connectivity index is 1.32. The first kappa shape index (κ1) is 24.5. The van der Waals surface area contributed by atoms with E-state index in [0.717, 1.165) is 25.8 Å². The molecule has 3 heterocycles. The molecule has 1 N–H and O–H groups in total. The summed E-state index contributed by atoms with van der Waals surface area (Å²) in [6.45, 7) is 0.732. The number of ketones is 1. The highest BCUT2D eigenvalue weighted by molar-refractivity contribution is 5.98. The molecule has 1 fully saturated rings. The van der Waals surface area contributed by atoms with Crippen LogP contribution in [0.3, 0.4) is 0 Å². The number of hydrogen-bond donors (Lipinski definition) is 1. The minimum absolute atomic E-state index is 0.0931. The Bertz CT molecular complexity index is 1510. The first-order valence-electron chi connectivity index (χ1n) is 12.5. The van der Waals surface area contributed by atoms with Crippen LogP contribution in [0.2, 0.25) is 0 Å². The molecule has 37 heavy (non-hydrogen) atoms. The Labute approximate surface area is 213 Å². The third kappa shape index (κ3) is 5.35. The van der Waals surface area contributed by atoms with Gasteiger partial charge in [0.2, 0.25) is 5.91 Å². The average molecular weight is 502 g/mol. The van der Waals surface area contributed by atoms with Crippen LogP contribution in [0, 0.1) is 11.7 Å². The minimum Gasteiger partial charge on any atom is -0.346 e. The molecule has 9 heteroatoms. The lowest BCUT2D eigenvalue weighted by Crippen LogP contribution is -2.29. The van der Waals surface area contributed by atoms with Gasteiger partial charge >= 0.3 is 0 Å². The van der Waals surface area contributed by atoms with Gasteiger partial charge in [-0.2, -0.15) is 0 Å². The van der Waals surface area contributed by atoms with Crippen molar-refractivity contribution in [3.63, 3.8) is 0 Å². The van der Waals surface area contributed by atoms with Crippen molar-refractivity contribution in [3.05, 3.63) is 76.5 Å². The van der Waals surface area contributed by atoms with E-state index in [2.05, 4.69) is 15.3 Å². The highest BCUT2D eigenvalue weighted by atomic mass is 19.1. The molecule has 0 aliphatic carbocycles. The van der Waals surface area contributed by atoms with E-state index in [0.29, 0.717) is 47.1 Å². The summed E-state index contributed by atoms with van der Waals surface area (Å²) in [6.07, 6.45) is 6.14. The molecule has 5 rings (SSSR count). The smallest absolute Gasteiger partial charge is 0.258 e. The third-order valence-electron chi connectivity index (χ3n) is 7.03. The zero-order chi connectivity index (χ0) is 25.9. The van der Waals surface area contributed by atoms with Crippen molar-refractivity contribution in [3.8, 4) is 16.9 Å². The Morgan fingerprint density at radius 2 is 1.81 bits per heavy atom. The van der Waals surface area contributed by atoms with Gasteiger partial charge in [0.15, 0.2) is 5.78 Å². The van der Waals surface area contributed by atoms with Gasteiger partial charge in [0.05, 0.1) is 17.4 Å². The van der Waals surface area contributed by atoms with Crippen molar-refractivity contribution in [2.45, 2.75) is 38.5 Å². The van der Waals surface area contributed by atoms with Crippen LogP contribution >= 0.6 is 0 Å². The molecule has 4 aromatic rings. The molecule has 1 saturated heterocycles. The lowest BCUT2D eigenvalue weighted by Gasteiger charge is -2.22. The summed E-state index contributed by atoms with van der Waals surface area (Å²) in [4.78, 5) is 42.4. The van der Waals surface area contributed by atoms with E-state index in [1.165, 1.54) is 22.9 Å². The monoisotopic (exact) mass is 501 g/mol. The van der Waals surface area contributed by atoms with Crippen LogP contribution in [0.15, 0.2) is 59.5 Å². The van der Waals surface area contributed by atoms with Gasteiger partial charge < -0.3 is 9.88 Å². The number of hydrogen-bond acceptors (Lipinski definition) is 5. The molecule has 2 aromatic heterocycles. The Morgan fingerprint density at radius 1 is 1.03 bits per heavy atom. The fourth-order valence-electron chi connectivity index (χ4n) is 4.86. The molecule has 1 aliphatic heterocycles. The van der Waals surface area contributed by atoms with E-state index >= 15 is 0 Å². The number of rotatable bonds is 4. The van der Waals surface area contributed by atoms with Gasteiger partial charge in [-0.05, 0) is 74.2 Å². The molecule has 1 aliphatic rings. The predicted molar refractivity (Wildman–Crippen MR) is 138 cm³/mol. The van der Waals surface area contributed by atoms with Crippen molar-refractivity contribution in [2.75, 3.05) is 13.6 Å². The molecule has 1 atom stereocenters. The normalized spacial score (nSPS) is 17.2. The highest BCUT2D eigenvalue weighted by Crippen LogP contribution is 2.24. The maximum atomic E-state index is 13.6. The zero-order valence-corrected chi connectivity index (χ0v) is 20.6. The number of aromatic amines is 1. The Kier molecular flexibility index (Phi) is 6.94. The quantitative estimate of drug-likeness (QED) is 0.414. The summed E-state index contributed by atoms with van der Waals surface area (Å²) in [5, 5.41) is 8.83. The number of nitrogens with one attached hydrogen (secondary N) is 1. The van der Waals surface area contributed by atoms with Gasteiger partial charge in [-0.1, -0.05) is 11.6 Å².